The van der Waals surface area contributed by atoms with Crippen LogP contribution in [0.1, 0.15) is 11.1 Å². The van der Waals surface area contributed by atoms with Crippen LogP contribution in [0.25, 0.3) is 0 Å². The van der Waals surface area contributed by atoms with E-state index in [2.05, 4.69) is 15.9 Å². The molecule has 16 heavy (non-hydrogen) atoms. The number of benzene rings is 1. The largest absolute Gasteiger partial charge is 0.269 e. The van der Waals surface area contributed by atoms with Crippen LogP contribution in [-0.4, -0.2) is 11.8 Å². The normalized spacial score (nSPS) is 15.1. The molecule has 0 fully saturated rings. The molecule has 2 rings (SSSR count). The summed E-state index contributed by atoms with van der Waals surface area (Å²) in [7, 11) is 0. The molecule has 2 amide bonds. The highest BCUT2D eigenvalue weighted by molar-refractivity contribution is 9.10. The maximum atomic E-state index is 11.5. The molecule has 82 valence electrons. The van der Waals surface area contributed by atoms with Gasteiger partial charge in [0.25, 0.3) is 11.8 Å². The Bertz CT molecular complexity index is 479. The Morgan fingerprint density at radius 2 is 1.44 bits per heavy atom. The van der Waals surface area contributed by atoms with E-state index in [1.54, 1.807) is 0 Å². The van der Waals surface area contributed by atoms with Crippen LogP contribution in [0.2, 0.25) is 0 Å². The Morgan fingerprint density at radius 3 is 1.88 bits per heavy atom. The zero-order valence-corrected chi connectivity index (χ0v) is 10.5. The highest BCUT2D eigenvalue weighted by atomic mass is 79.9. The van der Waals surface area contributed by atoms with Crippen molar-refractivity contribution in [3.63, 3.8) is 0 Å². The van der Waals surface area contributed by atoms with E-state index in [4.69, 9.17) is 0 Å². The number of carbonyl (C=O) groups is 2. The fourth-order valence-electron chi connectivity index (χ4n) is 1.71. The minimum atomic E-state index is -0.286. The number of nitrogens with zero attached hydrogens (tertiary/aromatic N) is 1. The summed E-state index contributed by atoms with van der Waals surface area (Å²) in [6.07, 6.45) is 2.57. The number of carbonyl (C=O) groups excluding carboxylic acids is 2. The Hall–Kier alpha value is -1.42. The highest BCUT2D eigenvalue weighted by Gasteiger charge is 2.25. The second-order valence-electron chi connectivity index (χ2n) is 3.74. The summed E-state index contributed by atoms with van der Waals surface area (Å²) in [5.74, 6) is -0.572. The molecule has 0 radical (unpaired) electrons. The molecule has 0 aliphatic carbocycles. The number of anilines is 1. The van der Waals surface area contributed by atoms with Gasteiger partial charge in [-0.2, -0.15) is 0 Å². The van der Waals surface area contributed by atoms with E-state index in [0.29, 0.717) is 5.69 Å². The van der Waals surface area contributed by atoms with Gasteiger partial charge in [0.05, 0.1) is 5.69 Å². The first-order chi connectivity index (χ1) is 7.50. The Kier molecular flexibility index (Phi) is 2.68. The van der Waals surface area contributed by atoms with E-state index in [9.17, 15) is 9.59 Å². The van der Waals surface area contributed by atoms with Crippen LogP contribution in [0.5, 0.6) is 0 Å². The fourth-order valence-corrected chi connectivity index (χ4v) is 1.94. The van der Waals surface area contributed by atoms with Crippen LogP contribution in [0.3, 0.4) is 0 Å². The molecule has 0 saturated carbocycles. The van der Waals surface area contributed by atoms with Gasteiger partial charge in [0.1, 0.15) is 0 Å². The van der Waals surface area contributed by atoms with Crippen molar-refractivity contribution in [3.05, 3.63) is 39.9 Å². The van der Waals surface area contributed by atoms with E-state index < -0.39 is 0 Å². The van der Waals surface area contributed by atoms with Gasteiger partial charge in [0.15, 0.2) is 0 Å². The molecule has 1 heterocycles. The van der Waals surface area contributed by atoms with Gasteiger partial charge in [-0.15, -0.1) is 0 Å². The lowest BCUT2D eigenvalue weighted by atomic mass is 10.1. The summed E-state index contributed by atoms with van der Waals surface area (Å²) in [4.78, 5) is 24.2. The van der Waals surface area contributed by atoms with E-state index in [1.165, 1.54) is 17.1 Å². The van der Waals surface area contributed by atoms with E-state index in [1.807, 2.05) is 26.0 Å². The zero-order valence-electron chi connectivity index (χ0n) is 8.95. The highest BCUT2D eigenvalue weighted by Crippen LogP contribution is 2.28. The number of hydrogen-bond donors (Lipinski definition) is 0. The Morgan fingerprint density at radius 1 is 1.00 bits per heavy atom. The van der Waals surface area contributed by atoms with Crippen molar-refractivity contribution in [2.75, 3.05) is 4.90 Å². The lowest BCUT2D eigenvalue weighted by Gasteiger charge is -2.16. The van der Waals surface area contributed by atoms with Crippen molar-refractivity contribution in [2.24, 2.45) is 0 Å². The van der Waals surface area contributed by atoms with Crippen LogP contribution in [0.4, 0.5) is 5.69 Å². The SMILES string of the molecule is Cc1cc(N2C(=O)C=CC2=O)cc(C)c1Br. The molecular weight excluding hydrogens is 270 g/mol. The molecule has 1 aliphatic rings. The molecule has 1 aliphatic heterocycles. The summed E-state index contributed by atoms with van der Waals surface area (Å²) in [5, 5.41) is 0. The van der Waals surface area contributed by atoms with Crippen LogP contribution in [0, 0.1) is 13.8 Å². The van der Waals surface area contributed by atoms with Crippen molar-refractivity contribution < 1.29 is 9.59 Å². The predicted molar refractivity (Wildman–Crippen MR) is 65.2 cm³/mol. The number of aryl methyl sites for hydroxylation is 2. The third kappa shape index (κ3) is 1.69. The lowest BCUT2D eigenvalue weighted by Crippen LogP contribution is -2.29. The summed E-state index contributed by atoms with van der Waals surface area (Å²) in [6.45, 7) is 3.86. The van der Waals surface area contributed by atoms with Crippen LogP contribution >= 0.6 is 15.9 Å². The maximum absolute atomic E-state index is 11.5. The summed E-state index contributed by atoms with van der Waals surface area (Å²) in [6, 6.07) is 3.64. The van der Waals surface area contributed by atoms with Crippen molar-refractivity contribution >= 4 is 33.4 Å². The average Bonchev–Trinajstić information content (AvgIpc) is 2.54. The van der Waals surface area contributed by atoms with Crippen LogP contribution in [-0.2, 0) is 9.59 Å². The monoisotopic (exact) mass is 279 g/mol. The first-order valence-electron chi connectivity index (χ1n) is 4.83. The smallest absolute Gasteiger partial charge is 0.258 e. The maximum Gasteiger partial charge on any atom is 0.258 e. The first-order valence-corrected chi connectivity index (χ1v) is 5.63. The minimum Gasteiger partial charge on any atom is -0.269 e. The lowest BCUT2D eigenvalue weighted by molar-refractivity contribution is -0.119. The molecule has 1 aromatic rings. The molecule has 4 heteroatoms. The molecule has 0 bridgehead atoms. The molecule has 0 saturated heterocycles. The minimum absolute atomic E-state index is 0.286. The number of rotatable bonds is 1. The van der Waals surface area contributed by atoms with E-state index in [-0.39, 0.29) is 11.8 Å². The van der Waals surface area contributed by atoms with Crippen molar-refractivity contribution in [1.29, 1.82) is 0 Å². The molecule has 0 spiro atoms. The van der Waals surface area contributed by atoms with Gasteiger partial charge in [-0.05, 0) is 37.1 Å². The first kappa shape index (κ1) is 11.1. The number of amides is 2. The molecule has 1 aromatic carbocycles. The molecule has 0 aromatic heterocycles. The Labute approximate surface area is 102 Å². The summed E-state index contributed by atoms with van der Waals surface area (Å²) >= 11 is 3.45. The van der Waals surface area contributed by atoms with Gasteiger partial charge in [-0.1, -0.05) is 15.9 Å². The fraction of sp³-hybridized carbons (Fsp3) is 0.167. The van der Waals surface area contributed by atoms with E-state index in [0.717, 1.165) is 15.6 Å². The van der Waals surface area contributed by atoms with Gasteiger partial charge in [0, 0.05) is 16.6 Å². The molecule has 0 N–H and O–H groups in total. The van der Waals surface area contributed by atoms with Gasteiger partial charge in [-0.25, -0.2) is 4.90 Å². The predicted octanol–water partition coefficient (Wildman–Crippen LogP) is 2.50. The van der Waals surface area contributed by atoms with Crippen LogP contribution < -0.4 is 4.90 Å². The number of hydrogen-bond acceptors (Lipinski definition) is 2. The van der Waals surface area contributed by atoms with Crippen molar-refractivity contribution in [2.45, 2.75) is 13.8 Å². The second-order valence-corrected chi connectivity index (χ2v) is 4.53. The number of imide groups is 1. The van der Waals surface area contributed by atoms with Gasteiger partial charge in [0.2, 0.25) is 0 Å². The second kappa shape index (κ2) is 3.87. The zero-order chi connectivity index (χ0) is 11.9. The van der Waals surface area contributed by atoms with Crippen molar-refractivity contribution in [1.82, 2.24) is 0 Å². The van der Waals surface area contributed by atoms with Gasteiger partial charge >= 0.3 is 0 Å². The standard InChI is InChI=1S/C12H10BrNO2/c1-7-5-9(6-8(2)12(7)13)14-10(15)3-4-11(14)16/h3-6H,1-2H3. The molecule has 0 unspecified atom stereocenters. The third-order valence-electron chi connectivity index (χ3n) is 2.49. The number of halogens is 1. The molecular formula is C12H10BrNO2. The van der Waals surface area contributed by atoms with Crippen LogP contribution in [0.15, 0.2) is 28.8 Å². The third-order valence-corrected chi connectivity index (χ3v) is 3.74. The van der Waals surface area contributed by atoms with Gasteiger partial charge < -0.3 is 0 Å². The average molecular weight is 280 g/mol. The summed E-state index contributed by atoms with van der Waals surface area (Å²) < 4.78 is 1.00. The van der Waals surface area contributed by atoms with Gasteiger partial charge in [-0.3, -0.25) is 9.59 Å². The topological polar surface area (TPSA) is 37.4 Å². The van der Waals surface area contributed by atoms with E-state index >= 15 is 0 Å². The summed E-state index contributed by atoms with van der Waals surface area (Å²) in [5.41, 5.74) is 2.63. The van der Waals surface area contributed by atoms with Crippen molar-refractivity contribution in [3.8, 4) is 0 Å². The Balaban J connectivity index is 2.50. The quantitative estimate of drug-likeness (QED) is 0.741. The molecule has 0 atom stereocenters. The molecule has 3 nitrogen and oxygen atoms in total.